The van der Waals surface area contributed by atoms with E-state index in [2.05, 4.69) is 9.88 Å². The van der Waals surface area contributed by atoms with Gasteiger partial charge >= 0.3 is 5.69 Å². The third kappa shape index (κ3) is 4.46. The number of benzene rings is 3. The number of H-pyrrole nitrogens is 1. The minimum atomic E-state index is -0.307. The van der Waals surface area contributed by atoms with Gasteiger partial charge in [0.15, 0.2) is 0 Å². The lowest BCUT2D eigenvalue weighted by atomic mass is 9.92. The topological polar surface area (TPSA) is 59.5 Å². The van der Waals surface area contributed by atoms with Crippen molar-refractivity contribution >= 4 is 34.3 Å². The molecule has 1 aromatic heterocycles. The van der Waals surface area contributed by atoms with Crippen LogP contribution in [-0.2, 0) is 17.9 Å². The van der Waals surface area contributed by atoms with Gasteiger partial charge in [-0.3, -0.25) is 9.47 Å². The van der Waals surface area contributed by atoms with Crippen LogP contribution in [0.2, 0.25) is 5.02 Å². The van der Waals surface area contributed by atoms with Gasteiger partial charge in [-0.1, -0.05) is 23.7 Å². The number of ether oxygens (including phenoxy) is 2. The molecule has 0 spiro atoms. The highest BCUT2D eigenvalue weighted by atomic mass is 35.5. The second-order valence-corrected chi connectivity index (χ2v) is 9.54. The first-order valence-electron chi connectivity index (χ1n) is 12.0. The maximum absolute atomic E-state index is 14.0. The third-order valence-corrected chi connectivity index (χ3v) is 7.06. The van der Waals surface area contributed by atoms with Gasteiger partial charge in [0.2, 0.25) is 0 Å². The SMILES string of the molecule is O=c1[nH]c2cc(C=C3c4ccc(F)cc4COc4cc(Cl)ccc43)ccc2n1CCN1CCOCC1. The summed E-state index contributed by atoms with van der Waals surface area (Å²) in [6, 6.07) is 16.2. The Labute approximate surface area is 212 Å². The smallest absolute Gasteiger partial charge is 0.326 e. The predicted molar refractivity (Wildman–Crippen MR) is 139 cm³/mol. The number of aromatic nitrogens is 2. The van der Waals surface area contributed by atoms with E-state index >= 15 is 0 Å². The van der Waals surface area contributed by atoms with Crippen LogP contribution < -0.4 is 10.4 Å². The van der Waals surface area contributed by atoms with Crippen molar-refractivity contribution in [2.75, 3.05) is 32.8 Å². The summed E-state index contributed by atoms with van der Waals surface area (Å²) in [5.74, 6) is 0.340. The van der Waals surface area contributed by atoms with Gasteiger partial charge < -0.3 is 14.5 Å². The molecule has 3 heterocycles. The number of nitrogens with one attached hydrogen (secondary N) is 1. The summed E-state index contributed by atoms with van der Waals surface area (Å²) < 4.78 is 27.2. The number of hydrogen-bond donors (Lipinski definition) is 1. The van der Waals surface area contributed by atoms with Crippen LogP contribution in [0.3, 0.4) is 0 Å². The molecule has 8 heteroatoms. The van der Waals surface area contributed by atoms with Gasteiger partial charge in [0, 0.05) is 42.3 Å². The van der Waals surface area contributed by atoms with Crippen LogP contribution in [0.15, 0.2) is 59.4 Å². The molecule has 1 fully saturated rings. The predicted octanol–water partition coefficient (Wildman–Crippen LogP) is 4.94. The Bertz CT molecular complexity index is 1480. The quantitative estimate of drug-likeness (QED) is 0.427. The number of halogens is 2. The summed E-state index contributed by atoms with van der Waals surface area (Å²) in [6.45, 7) is 4.90. The Balaban J connectivity index is 1.39. The molecule has 0 bridgehead atoms. The zero-order valence-corrected chi connectivity index (χ0v) is 20.4. The van der Waals surface area contributed by atoms with E-state index in [1.165, 1.54) is 12.1 Å². The van der Waals surface area contributed by atoms with Crippen molar-refractivity contribution in [1.29, 1.82) is 0 Å². The lowest BCUT2D eigenvalue weighted by Gasteiger charge is -2.26. The van der Waals surface area contributed by atoms with Gasteiger partial charge in [0.1, 0.15) is 18.2 Å². The number of imidazole rings is 1. The molecule has 0 unspecified atom stereocenters. The van der Waals surface area contributed by atoms with E-state index in [1.807, 2.05) is 36.4 Å². The van der Waals surface area contributed by atoms with Crippen molar-refractivity contribution in [1.82, 2.24) is 14.5 Å². The van der Waals surface area contributed by atoms with Crippen LogP contribution in [0.5, 0.6) is 5.75 Å². The summed E-state index contributed by atoms with van der Waals surface area (Å²) in [5.41, 5.74) is 5.88. The molecule has 0 amide bonds. The first-order chi connectivity index (χ1) is 17.5. The normalized spacial score (nSPS) is 17.0. The molecule has 1 saturated heterocycles. The largest absolute Gasteiger partial charge is 0.488 e. The standard InChI is InChI=1S/C28H25ClFN3O3/c29-20-2-4-23-24(22-5-3-21(30)15-19(22)17-36-27(23)16-20)13-18-1-6-26-25(14-18)31-28(34)33(26)8-7-32-9-11-35-12-10-32/h1-6,13-16H,7-12,17H2,(H,31,34). The number of aromatic amines is 1. The minimum absolute atomic E-state index is 0.119. The van der Waals surface area contributed by atoms with Gasteiger partial charge in [0.25, 0.3) is 0 Å². The molecular weight excluding hydrogens is 481 g/mol. The van der Waals surface area contributed by atoms with Crippen molar-refractivity contribution in [2.24, 2.45) is 0 Å². The Hall–Kier alpha value is -3.39. The maximum Gasteiger partial charge on any atom is 0.326 e. The monoisotopic (exact) mass is 505 g/mol. The van der Waals surface area contributed by atoms with Crippen LogP contribution in [0.25, 0.3) is 22.7 Å². The number of nitrogens with zero attached hydrogens (tertiary/aromatic N) is 2. The Kier molecular flexibility index (Phi) is 6.13. The first-order valence-corrected chi connectivity index (χ1v) is 12.4. The van der Waals surface area contributed by atoms with Crippen molar-refractivity contribution in [3.05, 3.63) is 98.2 Å². The zero-order valence-electron chi connectivity index (χ0n) is 19.6. The zero-order chi connectivity index (χ0) is 24.6. The summed E-state index contributed by atoms with van der Waals surface area (Å²) in [5, 5.41) is 0.572. The molecule has 0 saturated carbocycles. The van der Waals surface area contributed by atoms with E-state index < -0.39 is 0 Å². The van der Waals surface area contributed by atoms with Crippen molar-refractivity contribution in [3.8, 4) is 5.75 Å². The molecule has 3 aromatic carbocycles. The number of morpholine rings is 1. The van der Waals surface area contributed by atoms with Crippen LogP contribution in [0, 0.1) is 5.82 Å². The lowest BCUT2D eigenvalue weighted by Crippen LogP contribution is -2.39. The van der Waals surface area contributed by atoms with Gasteiger partial charge in [0.05, 0.1) is 24.2 Å². The van der Waals surface area contributed by atoms with Crippen molar-refractivity contribution in [2.45, 2.75) is 13.2 Å². The number of rotatable bonds is 4. The van der Waals surface area contributed by atoms with Crippen LogP contribution in [-0.4, -0.2) is 47.3 Å². The van der Waals surface area contributed by atoms with Crippen molar-refractivity contribution < 1.29 is 13.9 Å². The maximum atomic E-state index is 14.0. The second-order valence-electron chi connectivity index (χ2n) is 9.10. The van der Waals surface area contributed by atoms with E-state index in [0.29, 0.717) is 17.3 Å². The molecular formula is C28H25ClFN3O3. The average Bonchev–Trinajstić information content (AvgIpc) is 3.11. The fourth-order valence-electron chi connectivity index (χ4n) is 4.96. The third-order valence-electron chi connectivity index (χ3n) is 6.83. The van der Waals surface area contributed by atoms with Crippen LogP contribution in [0.4, 0.5) is 4.39 Å². The first kappa shape index (κ1) is 23.0. The summed E-state index contributed by atoms with van der Waals surface area (Å²) >= 11 is 6.23. The van der Waals surface area contributed by atoms with E-state index in [-0.39, 0.29) is 18.1 Å². The van der Waals surface area contributed by atoms with E-state index in [4.69, 9.17) is 21.1 Å². The van der Waals surface area contributed by atoms with E-state index in [9.17, 15) is 9.18 Å². The van der Waals surface area contributed by atoms with Gasteiger partial charge in [-0.05, 0) is 65.2 Å². The van der Waals surface area contributed by atoms with Crippen molar-refractivity contribution in [3.63, 3.8) is 0 Å². The molecule has 6 nitrogen and oxygen atoms in total. The molecule has 0 aliphatic carbocycles. The molecule has 184 valence electrons. The van der Waals surface area contributed by atoms with Gasteiger partial charge in [-0.25, -0.2) is 9.18 Å². The fraction of sp³-hybridized carbons (Fsp3) is 0.250. The molecule has 0 atom stereocenters. The second kappa shape index (κ2) is 9.58. The van der Waals surface area contributed by atoms with Crippen LogP contribution >= 0.6 is 11.6 Å². The molecule has 4 aromatic rings. The Morgan fingerprint density at radius 2 is 1.83 bits per heavy atom. The van der Waals surface area contributed by atoms with Gasteiger partial charge in [-0.2, -0.15) is 0 Å². The Morgan fingerprint density at radius 3 is 2.69 bits per heavy atom. The fourth-order valence-corrected chi connectivity index (χ4v) is 5.13. The highest BCUT2D eigenvalue weighted by Gasteiger charge is 2.20. The van der Waals surface area contributed by atoms with Gasteiger partial charge in [-0.15, -0.1) is 0 Å². The summed E-state index contributed by atoms with van der Waals surface area (Å²) in [4.78, 5) is 18.0. The lowest BCUT2D eigenvalue weighted by molar-refractivity contribution is 0.0364. The van der Waals surface area contributed by atoms with E-state index in [0.717, 1.165) is 71.7 Å². The number of hydrogen-bond acceptors (Lipinski definition) is 4. The molecule has 2 aliphatic rings. The highest BCUT2D eigenvalue weighted by Crippen LogP contribution is 2.39. The molecule has 2 aliphatic heterocycles. The number of fused-ring (bicyclic) bond motifs is 3. The minimum Gasteiger partial charge on any atom is -0.488 e. The summed E-state index contributed by atoms with van der Waals surface area (Å²) in [7, 11) is 0. The van der Waals surface area contributed by atoms with E-state index in [1.54, 1.807) is 16.7 Å². The Morgan fingerprint density at radius 1 is 1.00 bits per heavy atom. The molecule has 6 rings (SSSR count). The highest BCUT2D eigenvalue weighted by molar-refractivity contribution is 6.30. The van der Waals surface area contributed by atoms with Crippen LogP contribution in [0.1, 0.15) is 22.3 Å². The molecule has 1 N–H and O–H groups in total. The summed E-state index contributed by atoms with van der Waals surface area (Å²) in [6.07, 6.45) is 2.04. The molecule has 0 radical (unpaired) electrons. The molecule has 36 heavy (non-hydrogen) atoms. The average molecular weight is 506 g/mol.